The Bertz CT molecular complexity index is 182. The monoisotopic (exact) mass is 211 g/mol. The molecule has 0 bridgehead atoms. The summed E-state index contributed by atoms with van der Waals surface area (Å²) in [5.41, 5.74) is 1.40. The Morgan fingerprint density at radius 2 is 1.53 bits per heavy atom. The summed E-state index contributed by atoms with van der Waals surface area (Å²) in [5.74, 6) is 1.48. The highest BCUT2D eigenvalue weighted by atomic mass is 15.1. The van der Waals surface area contributed by atoms with E-state index in [-0.39, 0.29) is 0 Å². The second-order valence-corrected chi connectivity index (χ2v) is 5.73. The molecule has 0 amide bonds. The van der Waals surface area contributed by atoms with E-state index < -0.39 is 0 Å². The molecule has 0 aliphatic heterocycles. The topological polar surface area (TPSA) is 3.24 Å². The van der Waals surface area contributed by atoms with Crippen LogP contribution in [0.3, 0.4) is 0 Å². The number of hydrogen-bond donors (Lipinski definition) is 0. The van der Waals surface area contributed by atoms with Gasteiger partial charge in [-0.25, -0.2) is 0 Å². The van der Waals surface area contributed by atoms with Crippen molar-refractivity contribution in [2.75, 3.05) is 13.6 Å². The van der Waals surface area contributed by atoms with Crippen LogP contribution in [-0.2, 0) is 0 Å². The van der Waals surface area contributed by atoms with E-state index in [4.69, 9.17) is 0 Å². The predicted octanol–water partition coefficient (Wildman–Crippen LogP) is 3.96. The molecule has 0 aliphatic rings. The fraction of sp³-hybridized carbons (Fsp3) is 0.857. The molecule has 0 spiro atoms. The second-order valence-electron chi connectivity index (χ2n) is 5.73. The van der Waals surface area contributed by atoms with Crippen LogP contribution < -0.4 is 0 Å². The zero-order valence-corrected chi connectivity index (χ0v) is 11.5. The molecule has 0 aliphatic carbocycles. The molecule has 15 heavy (non-hydrogen) atoms. The van der Waals surface area contributed by atoms with Crippen molar-refractivity contribution in [2.45, 2.75) is 53.5 Å². The third-order valence-corrected chi connectivity index (χ3v) is 2.69. The van der Waals surface area contributed by atoms with E-state index in [0.29, 0.717) is 6.04 Å². The summed E-state index contributed by atoms with van der Waals surface area (Å²) in [7, 11) is 2.22. The lowest BCUT2D eigenvalue weighted by Crippen LogP contribution is -2.32. The van der Waals surface area contributed by atoms with Crippen LogP contribution in [-0.4, -0.2) is 24.5 Å². The Kier molecular flexibility index (Phi) is 6.91. The van der Waals surface area contributed by atoms with E-state index in [9.17, 15) is 0 Å². The molecule has 1 atom stereocenters. The van der Waals surface area contributed by atoms with Gasteiger partial charge in [0.15, 0.2) is 0 Å². The highest BCUT2D eigenvalue weighted by Crippen LogP contribution is 2.16. The molecule has 0 N–H and O–H groups in total. The molecule has 90 valence electrons. The Balaban J connectivity index is 3.90. The molecule has 0 aromatic rings. The van der Waals surface area contributed by atoms with Gasteiger partial charge in [-0.15, -0.1) is 0 Å². The third-order valence-electron chi connectivity index (χ3n) is 2.69. The fourth-order valence-corrected chi connectivity index (χ4v) is 1.99. The molecule has 0 heterocycles. The predicted molar refractivity (Wildman–Crippen MR) is 70.1 cm³/mol. The summed E-state index contributed by atoms with van der Waals surface area (Å²) in [6.45, 7) is 16.7. The van der Waals surface area contributed by atoms with Gasteiger partial charge in [0.2, 0.25) is 0 Å². The first-order chi connectivity index (χ1) is 6.82. The molecular formula is C14H29N. The van der Waals surface area contributed by atoms with E-state index >= 15 is 0 Å². The molecular weight excluding hydrogens is 182 g/mol. The van der Waals surface area contributed by atoms with Gasteiger partial charge in [0.25, 0.3) is 0 Å². The minimum atomic E-state index is 0.624. The van der Waals surface area contributed by atoms with Gasteiger partial charge < -0.3 is 4.90 Å². The number of rotatable bonds is 7. The van der Waals surface area contributed by atoms with Crippen molar-refractivity contribution in [1.82, 2.24) is 4.90 Å². The van der Waals surface area contributed by atoms with Crippen LogP contribution in [0.4, 0.5) is 0 Å². The lowest BCUT2D eigenvalue weighted by atomic mass is 9.98. The quantitative estimate of drug-likeness (QED) is 0.576. The third kappa shape index (κ3) is 7.61. The lowest BCUT2D eigenvalue weighted by molar-refractivity contribution is 0.228. The maximum Gasteiger partial charge on any atom is 0.0101 e. The lowest BCUT2D eigenvalue weighted by Gasteiger charge is -2.27. The molecule has 0 aromatic carbocycles. The van der Waals surface area contributed by atoms with E-state index in [1.165, 1.54) is 18.5 Å². The van der Waals surface area contributed by atoms with E-state index in [1.54, 1.807) is 0 Å². The molecule has 0 saturated heterocycles. The van der Waals surface area contributed by atoms with Crippen molar-refractivity contribution in [3.8, 4) is 0 Å². The first kappa shape index (κ1) is 14.7. The Morgan fingerprint density at radius 3 is 1.93 bits per heavy atom. The van der Waals surface area contributed by atoms with Gasteiger partial charge in [-0.1, -0.05) is 39.8 Å². The maximum absolute atomic E-state index is 4.17. The van der Waals surface area contributed by atoms with Crippen LogP contribution >= 0.6 is 0 Å². The van der Waals surface area contributed by atoms with Crippen LogP contribution in [0.15, 0.2) is 12.2 Å². The van der Waals surface area contributed by atoms with Crippen LogP contribution in [0.2, 0.25) is 0 Å². The van der Waals surface area contributed by atoms with Crippen molar-refractivity contribution < 1.29 is 0 Å². The largest absolute Gasteiger partial charge is 0.303 e. The van der Waals surface area contributed by atoms with E-state index in [1.807, 2.05) is 0 Å². The first-order valence-electron chi connectivity index (χ1n) is 6.19. The summed E-state index contributed by atoms with van der Waals surface area (Å²) >= 11 is 0. The Labute approximate surface area is 96.6 Å². The molecule has 0 saturated carbocycles. The summed E-state index contributed by atoms with van der Waals surface area (Å²) < 4.78 is 0. The summed E-state index contributed by atoms with van der Waals surface area (Å²) in [6.07, 6.45) is 2.31. The minimum Gasteiger partial charge on any atom is -0.303 e. The van der Waals surface area contributed by atoms with Crippen molar-refractivity contribution in [3.05, 3.63) is 12.2 Å². The summed E-state index contributed by atoms with van der Waals surface area (Å²) in [4.78, 5) is 2.44. The number of hydrogen-bond acceptors (Lipinski definition) is 1. The Morgan fingerprint density at radius 1 is 1.00 bits per heavy atom. The molecule has 0 rings (SSSR count). The van der Waals surface area contributed by atoms with E-state index in [2.05, 4.69) is 53.1 Å². The van der Waals surface area contributed by atoms with Crippen molar-refractivity contribution >= 4 is 0 Å². The maximum atomic E-state index is 4.17. The average Bonchev–Trinajstić information content (AvgIpc) is 2.00. The normalized spacial score (nSPS) is 13.9. The van der Waals surface area contributed by atoms with Gasteiger partial charge in [-0.2, -0.15) is 0 Å². The molecule has 0 aromatic heterocycles. The minimum absolute atomic E-state index is 0.624. The van der Waals surface area contributed by atoms with Gasteiger partial charge in [-0.3, -0.25) is 0 Å². The smallest absolute Gasteiger partial charge is 0.0101 e. The van der Waals surface area contributed by atoms with Crippen LogP contribution in [0.5, 0.6) is 0 Å². The SMILES string of the molecule is C=C(CC(C)C)CC(C)N(C)CC(C)C. The standard InChI is InChI=1S/C14H29N/c1-11(2)8-13(5)9-14(6)15(7)10-12(3)4/h11-12,14H,5,8-10H2,1-4,6-7H3. The molecule has 0 fully saturated rings. The van der Waals surface area contributed by atoms with Crippen LogP contribution in [0, 0.1) is 11.8 Å². The van der Waals surface area contributed by atoms with Crippen molar-refractivity contribution in [2.24, 2.45) is 11.8 Å². The first-order valence-corrected chi connectivity index (χ1v) is 6.19. The van der Waals surface area contributed by atoms with Gasteiger partial charge >= 0.3 is 0 Å². The molecule has 1 heteroatoms. The van der Waals surface area contributed by atoms with E-state index in [0.717, 1.165) is 18.3 Å². The molecule has 0 radical (unpaired) electrons. The van der Waals surface area contributed by atoms with Crippen molar-refractivity contribution in [3.63, 3.8) is 0 Å². The van der Waals surface area contributed by atoms with Gasteiger partial charge in [0.1, 0.15) is 0 Å². The van der Waals surface area contributed by atoms with Gasteiger partial charge in [-0.05, 0) is 38.6 Å². The van der Waals surface area contributed by atoms with Gasteiger partial charge in [0, 0.05) is 12.6 Å². The molecule has 1 nitrogen and oxygen atoms in total. The summed E-state index contributed by atoms with van der Waals surface area (Å²) in [6, 6.07) is 0.624. The second kappa shape index (κ2) is 7.05. The highest BCUT2D eigenvalue weighted by Gasteiger charge is 2.12. The average molecular weight is 211 g/mol. The summed E-state index contributed by atoms with van der Waals surface area (Å²) in [5, 5.41) is 0. The van der Waals surface area contributed by atoms with Crippen LogP contribution in [0.25, 0.3) is 0 Å². The zero-order chi connectivity index (χ0) is 12.0. The highest BCUT2D eigenvalue weighted by molar-refractivity contribution is 4.97. The Hall–Kier alpha value is -0.300. The zero-order valence-electron chi connectivity index (χ0n) is 11.5. The fourth-order valence-electron chi connectivity index (χ4n) is 1.99. The van der Waals surface area contributed by atoms with Gasteiger partial charge in [0.05, 0.1) is 0 Å². The van der Waals surface area contributed by atoms with Crippen molar-refractivity contribution in [1.29, 1.82) is 0 Å². The number of nitrogens with zero attached hydrogens (tertiary/aromatic N) is 1. The molecule has 1 unspecified atom stereocenters. The van der Waals surface area contributed by atoms with Crippen LogP contribution in [0.1, 0.15) is 47.5 Å².